The van der Waals surface area contributed by atoms with E-state index in [-0.39, 0.29) is 17.9 Å². The van der Waals surface area contributed by atoms with E-state index in [4.69, 9.17) is 23.2 Å². The molecule has 0 saturated carbocycles. The molecule has 7 heteroatoms. The number of halogens is 2. The summed E-state index contributed by atoms with van der Waals surface area (Å²) in [5.74, 6) is 0.0564. The molecule has 5 nitrogen and oxygen atoms in total. The van der Waals surface area contributed by atoms with Gasteiger partial charge in [0.2, 0.25) is 5.91 Å². The number of piperidine rings is 1. The highest BCUT2D eigenvalue weighted by atomic mass is 35.5. The molecule has 124 valence electrons. The number of amides is 2. The smallest absolute Gasteiger partial charge is 0.253 e. The summed E-state index contributed by atoms with van der Waals surface area (Å²) in [5.41, 5.74) is 0.534. The molecule has 0 spiro atoms. The van der Waals surface area contributed by atoms with Gasteiger partial charge in [0.1, 0.15) is 0 Å². The van der Waals surface area contributed by atoms with Gasteiger partial charge in [0.25, 0.3) is 5.91 Å². The highest BCUT2D eigenvalue weighted by molar-refractivity contribution is 6.42. The van der Waals surface area contributed by atoms with Crippen molar-refractivity contribution in [1.82, 2.24) is 15.1 Å². The number of rotatable bonds is 2. The molecule has 0 aromatic heterocycles. The van der Waals surface area contributed by atoms with Gasteiger partial charge in [-0.3, -0.25) is 9.59 Å². The largest absolute Gasteiger partial charge is 0.337 e. The van der Waals surface area contributed by atoms with Gasteiger partial charge in [0, 0.05) is 37.8 Å². The number of likely N-dealkylation sites (tertiary alicyclic amines) is 1. The maximum atomic E-state index is 12.7. The second-order valence-electron chi connectivity index (χ2n) is 5.94. The van der Waals surface area contributed by atoms with Crippen LogP contribution < -0.4 is 5.32 Å². The number of nitrogens with one attached hydrogen (secondary N) is 1. The van der Waals surface area contributed by atoms with Crippen molar-refractivity contribution in [2.24, 2.45) is 0 Å². The molecule has 0 bridgehead atoms. The minimum atomic E-state index is -0.0594. The minimum absolute atomic E-state index is 0.0594. The van der Waals surface area contributed by atoms with Crippen molar-refractivity contribution in [2.75, 3.05) is 32.7 Å². The summed E-state index contributed by atoms with van der Waals surface area (Å²) >= 11 is 11.9. The number of piperazine rings is 1. The zero-order valence-corrected chi connectivity index (χ0v) is 14.2. The molecule has 1 aromatic carbocycles. The number of benzene rings is 1. The summed E-state index contributed by atoms with van der Waals surface area (Å²) in [6.45, 7) is 3.18. The van der Waals surface area contributed by atoms with Gasteiger partial charge < -0.3 is 15.1 Å². The Bertz CT molecular complexity index is 623. The fraction of sp³-hybridized carbons (Fsp3) is 0.500. The molecular weight excluding hydrogens is 337 g/mol. The molecular formula is C16H19Cl2N3O2. The summed E-state index contributed by atoms with van der Waals surface area (Å²) in [4.78, 5) is 28.4. The molecule has 1 N–H and O–H groups in total. The molecule has 0 aliphatic carbocycles. The zero-order valence-electron chi connectivity index (χ0n) is 12.7. The van der Waals surface area contributed by atoms with E-state index in [0.717, 1.165) is 19.4 Å². The van der Waals surface area contributed by atoms with Crippen LogP contribution in [0.4, 0.5) is 0 Å². The van der Waals surface area contributed by atoms with E-state index < -0.39 is 0 Å². The molecule has 2 aliphatic rings. The molecule has 3 rings (SSSR count). The fourth-order valence-corrected chi connectivity index (χ4v) is 3.51. The minimum Gasteiger partial charge on any atom is -0.337 e. The lowest BCUT2D eigenvalue weighted by molar-refractivity contribution is -0.135. The van der Waals surface area contributed by atoms with Crippen LogP contribution in [0.1, 0.15) is 23.2 Å². The first-order valence-electron chi connectivity index (χ1n) is 7.81. The van der Waals surface area contributed by atoms with Crippen molar-refractivity contribution < 1.29 is 9.59 Å². The van der Waals surface area contributed by atoms with E-state index in [1.807, 2.05) is 9.80 Å². The van der Waals surface area contributed by atoms with Crippen molar-refractivity contribution in [3.63, 3.8) is 0 Å². The molecule has 0 radical (unpaired) electrons. The van der Waals surface area contributed by atoms with Crippen LogP contribution in [0.15, 0.2) is 18.2 Å². The van der Waals surface area contributed by atoms with Gasteiger partial charge in [-0.15, -0.1) is 0 Å². The van der Waals surface area contributed by atoms with Crippen LogP contribution in [0, 0.1) is 0 Å². The quantitative estimate of drug-likeness (QED) is 0.882. The van der Waals surface area contributed by atoms with Gasteiger partial charge in [-0.05, 0) is 31.0 Å². The molecule has 23 heavy (non-hydrogen) atoms. The van der Waals surface area contributed by atoms with Crippen LogP contribution in [0.3, 0.4) is 0 Å². The Labute approximate surface area is 145 Å². The van der Waals surface area contributed by atoms with E-state index in [1.165, 1.54) is 0 Å². The van der Waals surface area contributed by atoms with Crippen LogP contribution in [-0.4, -0.2) is 60.4 Å². The first-order valence-corrected chi connectivity index (χ1v) is 8.56. The van der Waals surface area contributed by atoms with Gasteiger partial charge >= 0.3 is 0 Å². The summed E-state index contributed by atoms with van der Waals surface area (Å²) in [5, 5.41) is 3.89. The molecule has 2 saturated heterocycles. The van der Waals surface area contributed by atoms with Crippen molar-refractivity contribution in [3.05, 3.63) is 33.8 Å². The van der Waals surface area contributed by atoms with E-state index in [0.29, 0.717) is 41.8 Å². The lowest BCUT2D eigenvalue weighted by Crippen LogP contribution is -2.57. The second-order valence-corrected chi connectivity index (χ2v) is 6.75. The van der Waals surface area contributed by atoms with Gasteiger partial charge in [0.05, 0.1) is 16.6 Å². The van der Waals surface area contributed by atoms with Gasteiger partial charge in [-0.1, -0.05) is 23.2 Å². The van der Waals surface area contributed by atoms with Gasteiger partial charge in [-0.25, -0.2) is 0 Å². The Balaban J connectivity index is 1.71. The number of hydrogen-bond donors (Lipinski definition) is 1. The van der Waals surface area contributed by atoms with Crippen molar-refractivity contribution in [3.8, 4) is 0 Å². The van der Waals surface area contributed by atoms with E-state index in [2.05, 4.69) is 5.32 Å². The molecule has 2 heterocycles. The van der Waals surface area contributed by atoms with Crippen LogP contribution >= 0.6 is 23.2 Å². The predicted molar refractivity (Wildman–Crippen MR) is 90.0 cm³/mol. The molecule has 1 unspecified atom stereocenters. The van der Waals surface area contributed by atoms with E-state index in [9.17, 15) is 9.59 Å². The fourth-order valence-electron chi connectivity index (χ4n) is 3.21. The third-order valence-corrected chi connectivity index (χ3v) is 5.16. The SMILES string of the molecule is O=C(c1ccc(Cl)c(Cl)c1)N1CCCC(N2CCNCC2=O)C1. The first kappa shape index (κ1) is 16.6. The Hall–Kier alpha value is -1.30. The van der Waals surface area contributed by atoms with Crippen LogP contribution in [-0.2, 0) is 4.79 Å². The number of carbonyl (C=O) groups is 2. The number of hydrogen-bond acceptors (Lipinski definition) is 3. The number of carbonyl (C=O) groups excluding carboxylic acids is 2. The number of nitrogens with zero attached hydrogens (tertiary/aromatic N) is 2. The summed E-state index contributed by atoms with van der Waals surface area (Å²) < 4.78 is 0. The topological polar surface area (TPSA) is 52.7 Å². The highest BCUT2D eigenvalue weighted by Crippen LogP contribution is 2.25. The van der Waals surface area contributed by atoms with Crippen LogP contribution in [0.25, 0.3) is 0 Å². The Morgan fingerprint density at radius 1 is 1.22 bits per heavy atom. The summed E-state index contributed by atoms with van der Waals surface area (Å²) in [6.07, 6.45) is 1.84. The standard InChI is InChI=1S/C16H19Cl2N3O2/c17-13-4-3-11(8-14(13)18)16(23)20-6-1-2-12(10-20)21-7-5-19-9-15(21)22/h3-4,8,12,19H,1-2,5-7,9-10H2. The first-order chi connectivity index (χ1) is 11.1. The summed E-state index contributed by atoms with van der Waals surface area (Å²) in [7, 11) is 0. The van der Waals surface area contributed by atoms with Crippen LogP contribution in [0.2, 0.25) is 10.0 Å². The van der Waals surface area contributed by atoms with Crippen molar-refractivity contribution in [2.45, 2.75) is 18.9 Å². The molecule has 2 aliphatic heterocycles. The molecule has 2 amide bonds. The van der Waals surface area contributed by atoms with E-state index in [1.54, 1.807) is 18.2 Å². The van der Waals surface area contributed by atoms with Gasteiger partial charge in [-0.2, -0.15) is 0 Å². The predicted octanol–water partition coefficient (Wildman–Crippen LogP) is 2.03. The monoisotopic (exact) mass is 355 g/mol. The van der Waals surface area contributed by atoms with Gasteiger partial charge in [0.15, 0.2) is 0 Å². The maximum absolute atomic E-state index is 12.7. The maximum Gasteiger partial charge on any atom is 0.253 e. The van der Waals surface area contributed by atoms with Crippen LogP contribution in [0.5, 0.6) is 0 Å². The van der Waals surface area contributed by atoms with Crippen molar-refractivity contribution in [1.29, 1.82) is 0 Å². The zero-order chi connectivity index (χ0) is 16.4. The molecule has 1 aromatic rings. The second kappa shape index (κ2) is 7.07. The third kappa shape index (κ3) is 3.62. The average molecular weight is 356 g/mol. The van der Waals surface area contributed by atoms with E-state index >= 15 is 0 Å². The Morgan fingerprint density at radius 2 is 2.04 bits per heavy atom. The lowest BCUT2D eigenvalue weighted by atomic mass is 10.0. The lowest BCUT2D eigenvalue weighted by Gasteiger charge is -2.41. The molecule has 1 atom stereocenters. The Morgan fingerprint density at radius 3 is 2.78 bits per heavy atom. The van der Waals surface area contributed by atoms with Crippen molar-refractivity contribution >= 4 is 35.0 Å². The summed E-state index contributed by atoms with van der Waals surface area (Å²) in [6, 6.07) is 5.03. The highest BCUT2D eigenvalue weighted by Gasteiger charge is 2.31. The molecule has 2 fully saturated rings. The normalized spacial score (nSPS) is 22.3. The average Bonchev–Trinajstić information content (AvgIpc) is 2.57. The Kier molecular flexibility index (Phi) is 5.09. The third-order valence-electron chi connectivity index (χ3n) is 4.42.